The van der Waals surface area contributed by atoms with Gasteiger partial charge in [-0.1, -0.05) is 12.1 Å². The second-order valence-corrected chi connectivity index (χ2v) is 13.2. The Kier molecular flexibility index (Phi) is 8.88. The van der Waals surface area contributed by atoms with Gasteiger partial charge < -0.3 is 20.9 Å². The van der Waals surface area contributed by atoms with Gasteiger partial charge in [-0.05, 0) is 48.0 Å². The van der Waals surface area contributed by atoms with Crippen LogP contribution >= 0.6 is 11.6 Å². The molecular formula is C28H27ClF2N8O2S2. The highest BCUT2D eigenvalue weighted by Crippen LogP contribution is 2.32. The second kappa shape index (κ2) is 13.0. The van der Waals surface area contributed by atoms with Crippen LogP contribution in [0.15, 0.2) is 58.3 Å². The fourth-order valence-electron chi connectivity index (χ4n) is 4.93. The number of aryl methyl sites for hydroxylation is 2. The maximum atomic E-state index is 13.4. The van der Waals surface area contributed by atoms with Gasteiger partial charge in [-0.2, -0.15) is 9.97 Å². The number of rotatable bonds is 5. The van der Waals surface area contributed by atoms with Gasteiger partial charge in [0.25, 0.3) is 0 Å². The summed E-state index contributed by atoms with van der Waals surface area (Å²) in [6.45, 7) is 3.45. The number of hydrogen-bond donors (Lipinski definition) is 3. The van der Waals surface area contributed by atoms with Crippen molar-refractivity contribution < 1.29 is 17.2 Å². The van der Waals surface area contributed by atoms with E-state index in [0.717, 1.165) is 31.9 Å². The van der Waals surface area contributed by atoms with E-state index in [-0.39, 0.29) is 16.9 Å². The van der Waals surface area contributed by atoms with Crippen LogP contribution < -0.4 is 20.9 Å². The molecule has 2 aromatic carbocycles. The largest absolute Gasteiger partial charge is 0.339 e. The summed E-state index contributed by atoms with van der Waals surface area (Å²) in [4.78, 5) is 20.7. The van der Waals surface area contributed by atoms with Crippen LogP contribution in [0.4, 0.5) is 37.7 Å². The Balaban J connectivity index is 0.000000157. The monoisotopic (exact) mass is 644 g/mol. The number of fused-ring (bicyclic) bond motifs is 2. The lowest BCUT2D eigenvalue weighted by Gasteiger charge is -2.28. The molecule has 224 valence electrons. The summed E-state index contributed by atoms with van der Waals surface area (Å²) in [5.74, 6) is 1.95. The fraction of sp³-hybridized carbons (Fsp3) is 0.286. The van der Waals surface area contributed by atoms with E-state index in [4.69, 9.17) is 11.6 Å². The molecule has 0 bridgehead atoms. The Bertz CT molecular complexity index is 1720. The molecule has 15 heteroatoms. The molecule has 5 heterocycles. The molecule has 0 aliphatic carbocycles. The number of anilines is 5. The molecular weight excluding hydrogens is 618 g/mol. The van der Waals surface area contributed by atoms with Crippen LogP contribution in [0, 0.1) is 11.6 Å². The SMILES string of the molecule is O=S1CCc2nc(Cl)nc(Nc3cccc(F)c3)c21.O=S1CCc2nc(N3CCNCC3)nc(Nc3cccc(F)c3)c21. The molecule has 0 radical (unpaired) electrons. The molecule has 7 rings (SSSR count). The van der Waals surface area contributed by atoms with Crippen molar-refractivity contribution in [3.8, 4) is 0 Å². The van der Waals surface area contributed by atoms with Crippen LogP contribution in [0.2, 0.25) is 5.28 Å². The summed E-state index contributed by atoms with van der Waals surface area (Å²) < 4.78 is 50.8. The molecule has 1 fully saturated rings. The van der Waals surface area contributed by atoms with Crippen LogP contribution in [0.1, 0.15) is 11.4 Å². The first-order valence-corrected chi connectivity index (χ1v) is 16.6. The van der Waals surface area contributed by atoms with Crippen molar-refractivity contribution in [1.82, 2.24) is 25.3 Å². The molecule has 4 aromatic rings. The Labute approximate surface area is 256 Å². The minimum absolute atomic E-state index is 0.0940. The molecule has 43 heavy (non-hydrogen) atoms. The molecule has 2 unspecified atom stereocenters. The third-order valence-corrected chi connectivity index (χ3v) is 10.00. The van der Waals surface area contributed by atoms with Gasteiger partial charge in [0.2, 0.25) is 11.2 Å². The highest BCUT2D eigenvalue weighted by Gasteiger charge is 2.28. The number of halogens is 3. The van der Waals surface area contributed by atoms with Crippen LogP contribution in [0.3, 0.4) is 0 Å². The average Bonchev–Trinajstić information content (AvgIpc) is 3.56. The van der Waals surface area contributed by atoms with E-state index >= 15 is 0 Å². The van der Waals surface area contributed by atoms with E-state index in [1.54, 1.807) is 24.3 Å². The summed E-state index contributed by atoms with van der Waals surface area (Å²) in [5.41, 5.74) is 2.64. The lowest BCUT2D eigenvalue weighted by molar-refractivity contribution is 0.578. The van der Waals surface area contributed by atoms with Crippen LogP contribution in [-0.4, -0.2) is 66.0 Å². The van der Waals surface area contributed by atoms with Gasteiger partial charge in [0.15, 0.2) is 11.6 Å². The van der Waals surface area contributed by atoms with E-state index in [9.17, 15) is 17.2 Å². The predicted octanol–water partition coefficient (Wildman–Crippen LogP) is 4.11. The summed E-state index contributed by atoms with van der Waals surface area (Å²) in [5, 5.41) is 9.47. The highest BCUT2D eigenvalue weighted by atomic mass is 35.5. The molecule has 0 saturated carbocycles. The Morgan fingerprint density at radius 2 is 1.30 bits per heavy atom. The quantitative estimate of drug-likeness (QED) is 0.274. The lowest BCUT2D eigenvalue weighted by Crippen LogP contribution is -2.44. The maximum absolute atomic E-state index is 13.4. The normalized spacial score (nSPS) is 18.8. The smallest absolute Gasteiger partial charge is 0.227 e. The molecule has 3 aliphatic heterocycles. The van der Waals surface area contributed by atoms with Crippen molar-refractivity contribution >= 4 is 62.2 Å². The maximum Gasteiger partial charge on any atom is 0.227 e. The zero-order valence-electron chi connectivity index (χ0n) is 22.8. The van der Waals surface area contributed by atoms with E-state index in [1.807, 2.05) is 0 Å². The first-order chi connectivity index (χ1) is 20.8. The molecule has 2 atom stereocenters. The van der Waals surface area contributed by atoms with Gasteiger partial charge >= 0.3 is 0 Å². The minimum atomic E-state index is -1.14. The highest BCUT2D eigenvalue weighted by molar-refractivity contribution is 7.85. The average molecular weight is 645 g/mol. The number of aromatic nitrogens is 4. The van der Waals surface area contributed by atoms with Crippen molar-refractivity contribution in [1.29, 1.82) is 0 Å². The summed E-state index contributed by atoms with van der Waals surface area (Å²) in [6, 6.07) is 12.1. The fourth-order valence-corrected chi connectivity index (χ4v) is 7.73. The van der Waals surface area contributed by atoms with Crippen LogP contribution in [0.5, 0.6) is 0 Å². The van der Waals surface area contributed by atoms with Crippen LogP contribution in [0.25, 0.3) is 0 Å². The first kappa shape index (κ1) is 29.5. The van der Waals surface area contributed by atoms with E-state index in [1.165, 1.54) is 24.3 Å². The van der Waals surface area contributed by atoms with E-state index < -0.39 is 21.6 Å². The van der Waals surface area contributed by atoms with Gasteiger partial charge in [0, 0.05) is 61.9 Å². The number of piperazine rings is 1. The predicted molar refractivity (Wildman–Crippen MR) is 163 cm³/mol. The summed E-state index contributed by atoms with van der Waals surface area (Å²) in [7, 11) is -2.25. The molecule has 1 saturated heterocycles. The van der Waals surface area contributed by atoms with Crippen molar-refractivity contribution in [3.63, 3.8) is 0 Å². The summed E-state index contributed by atoms with van der Waals surface area (Å²) in [6.07, 6.45) is 1.30. The van der Waals surface area contributed by atoms with Crippen molar-refractivity contribution in [2.45, 2.75) is 22.6 Å². The molecule has 0 amide bonds. The summed E-state index contributed by atoms with van der Waals surface area (Å²) >= 11 is 5.84. The van der Waals surface area contributed by atoms with Gasteiger partial charge in [0.05, 0.1) is 33.0 Å². The topological polar surface area (TPSA) is 125 Å². The standard InChI is InChI=1S/C16H18FN5OS.C12H9ClFN3OS/c17-11-2-1-3-12(10-11)19-15-14-13(4-9-24(14)23)20-16(21-15)22-7-5-18-6-8-22;13-12-16-9-4-5-19(18)10(9)11(17-12)15-8-3-1-2-7(14)6-8/h1-3,10,18H,4-9H2,(H,19,20,21);1-3,6H,4-5H2,(H,15,16,17). The molecule has 3 N–H and O–H groups in total. The van der Waals surface area contributed by atoms with Gasteiger partial charge in [0.1, 0.15) is 21.4 Å². The van der Waals surface area contributed by atoms with Crippen LogP contribution in [-0.2, 0) is 34.4 Å². The molecule has 3 aliphatic rings. The van der Waals surface area contributed by atoms with Gasteiger partial charge in [-0.15, -0.1) is 0 Å². The van der Waals surface area contributed by atoms with Crippen molar-refractivity contribution in [2.75, 3.05) is 53.2 Å². The van der Waals surface area contributed by atoms with Crippen molar-refractivity contribution in [2.24, 2.45) is 0 Å². The zero-order valence-corrected chi connectivity index (χ0v) is 25.2. The third kappa shape index (κ3) is 6.82. The third-order valence-electron chi connectivity index (χ3n) is 6.91. The number of nitrogens with zero attached hydrogens (tertiary/aromatic N) is 5. The number of hydrogen-bond acceptors (Lipinski definition) is 10. The second-order valence-electron chi connectivity index (χ2n) is 9.87. The van der Waals surface area contributed by atoms with Crippen molar-refractivity contribution in [3.05, 3.63) is 76.8 Å². The number of benzene rings is 2. The lowest BCUT2D eigenvalue weighted by atomic mass is 10.3. The van der Waals surface area contributed by atoms with E-state index in [2.05, 4.69) is 40.8 Å². The Morgan fingerprint density at radius 1 is 0.767 bits per heavy atom. The molecule has 0 spiro atoms. The first-order valence-electron chi connectivity index (χ1n) is 13.6. The van der Waals surface area contributed by atoms with E-state index in [0.29, 0.717) is 68.8 Å². The number of nitrogens with one attached hydrogen (secondary N) is 3. The molecule has 2 aromatic heterocycles. The zero-order chi connectivity index (χ0) is 29.9. The minimum Gasteiger partial charge on any atom is -0.339 e. The Morgan fingerprint density at radius 3 is 1.86 bits per heavy atom. The Hall–Kier alpha value is -3.59. The molecule has 10 nitrogen and oxygen atoms in total. The van der Waals surface area contributed by atoms with Gasteiger partial charge in [-0.25, -0.2) is 18.7 Å². The van der Waals surface area contributed by atoms with Gasteiger partial charge in [-0.3, -0.25) is 8.42 Å².